The quantitative estimate of drug-likeness (QED) is 0.379. The molecular weight excluding hydrogens is 227 g/mol. The Morgan fingerprint density at radius 3 is 2.94 bits per heavy atom. The van der Waals surface area contributed by atoms with E-state index in [1.165, 1.54) is 18.2 Å². The van der Waals surface area contributed by atoms with Crippen molar-refractivity contribution in [3.8, 4) is 0 Å². The summed E-state index contributed by atoms with van der Waals surface area (Å²) >= 11 is 0. The molecule has 0 saturated heterocycles. The second-order valence-corrected chi connectivity index (χ2v) is 2.91. The molecule has 0 radical (unpaired) electrons. The molecule has 0 aromatic heterocycles. The first kappa shape index (κ1) is 12.8. The minimum Gasteiger partial charge on any atom is -0.513 e. The molecule has 6 heteroatoms. The number of aliphatic hydroxyl groups excluding tert-OH is 1. The van der Waals surface area contributed by atoms with E-state index in [9.17, 15) is 9.18 Å². The fourth-order valence-electron chi connectivity index (χ4n) is 0.974. The summed E-state index contributed by atoms with van der Waals surface area (Å²) < 4.78 is 17.4. The number of carbonyl (C=O) groups is 1. The van der Waals surface area contributed by atoms with Crippen LogP contribution in [0.2, 0.25) is 0 Å². The van der Waals surface area contributed by atoms with E-state index in [-0.39, 0.29) is 18.0 Å². The van der Waals surface area contributed by atoms with Gasteiger partial charge in [-0.25, -0.2) is 9.18 Å². The zero-order valence-corrected chi connectivity index (χ0v) is 9.13. The van der Waals surface area contributed by atoms with Crippen LogP contribution in [0.5, 0.6) is 0 Å². The summed E-state index contributed by atoms with van der Waals surface area (Å²) in [5, 5.41) is 15.8. The average Bonchev–Trinajstić information content (AvgIpc) is 2.30. The molecule has 0 spiro atoms. The number of halogens is 1. The first-order valence-corrected chi connectivity index (χ1v) is 4.86. The van der Waals surface area contributed by atoms with Gasteiger partial charge in [0.15, 0.2) is 0 Å². The van der Waals surface area contributed by atoms with E-state index in [0.717, 1.165) is 6.07 Å². The molecule has 1 N–H and O–H groups in total. The van der Waals surface area contributed by atoms with Crippen LogP contribution in [0.4, 0.5) is 10.1 Å². The summed E-state index contributed by atoms with van der Waals surface area (Å²) in [6.45, 7) is 1.78. The van der Waals surface area contributed by atoms with Crippen molar-refractivity contribution < 1.29 is 19.0 Å². The highest BCUT2D eigenvalue weighted by Gasteiger charge is 2.09. The lowest BCUT2D eigenvalue weighted by Crippen LogP contribution is -2.05. The standard InChI is InChI=1S/C11H11FN2O3/c1-2-17-11(16)10(7-15)14-13-9-5-3-4-8(12)6-9/h3-7,15H,2H2,1H3. The van der Waals surface area contributed by atoms with E-state index in [0.29, 0.717) is 6.26 Å². The Balaban J connectivity index is 2.79. The molecule has 1 aromatic rings. The SMILES string of the molecule is CCOC(=O)C(=CO)N=Nc1cccc(F)c1. The van der Waals surface area contributed by atoms with Gasteiger partial charge < -0.3 is 9.84 Å². The first-order chi connectivity index (χ1) is 8.17. The van der Waals surface area contributed by atoms with Gasteiger partial charge in [-0.15, -0.1) is 5.11 Å². The summed E-state index contributed by atoms with van der Waals surface area (Å²) in [6, 6.07) is 5.36. The number of hydrogen-bond donors (Lipinski definition) is 1. The third-order valence-electron chi connectivity index (χ3n) is 1.69. The molecule has 0 bridgehead atoms. The third-order valence-corrected chi connectivity index (χ3v) is 1.69. The van der Waals surface area contributed by atoms with E-state index < -0.39 is 11.8 Å². The van der Waals surface area contributed by atoms with Crippen LogP contribution in [0, 0.1) is 5.82 Å². The Morgan fingerprint density at radius 1 is 1.59 bits per heavy atom. The van der Waals surface area contributed by atoms with Crippen molar-refractivity contribution in [2.24, 2.45) is 10.2 Å². The predicted molar refractivity (Wildman–Crippen MR) is 58.3 cm³/mol. The lowest BCUT2D eigenvalue weighted by atomic mass is 10.3. The van der Waals surface area contributed by atoms with Crippen LogP contribution < -0.4 is 0 Å². The highest BCUT2D eigenvalue weighted by Crippen LogP contribution is 2.15. The van der Waals surface area contributed by atoms with Gasteiger partial charge in [0.1, 0.15) is 12.1 Å². The summed E-state index contributed by atoms with van der Waals surface area (Å²) in [6.07, 6.45) is 0.487. The maximum Gasteiger partial charge on any atom is 0.362 e. The van der Waals surface area contributed by atoms with Gasteiger partial charge >= 0.3 is 5.97 Å². The molecule has 1 aromatic carbocycles. The predicted octanol–water partition coefficient (Wildman–Crippen LogP) is 2.87. The first-order valence-electron chi connectivity index (χ1n) is 4.86. The number of aliphatic hydroxyl groups is 1. The summed E-state index contributed by atoms with van der Waals surface area (Å²) in [5.41, 5.74) is -0.121. The summed E-state index contributed by atoms with van der Waals surface area (Å²) in [4.78, 5) is 11.2. The Hall–Kier alpha value is -2.24. The van der Waals surface area contributed by atoms with Gasteiger partial charge in [-0.1, -0.05) is 6.07 Å². The number of ether oxygens (including phenoxy) is 1. The van der Waals surface area contributed by atoms with Crippen molar-refractivity contribution >= 4 is 11.7 Å². The minimum absolute atomic E-state index is 0.158. The van der Waals surface area contributed by atoms with E-state index in [1.807, 2.05) is 0 Å². The van der Waals surface area contributed by atoms with Crippen LogP contribution in [0.25, 0.3) is 0 Å². The molecule has 0 aliphatic carbocycles. The number of azo groups is 1. The fourth-order valence-corrected chi connectivity index (χ4v) is 0.974. The lowest BCUT2D eigenvalue weighted by Gasteiger charge is -1.99. The number of carbonyl (C=O) groups excluding carboxylic acids is 1. The maximum atomic E-state index is 12.8. The number of rotatable bonds is 4. The molecular formula is C11H11FN2O3. The molecule has 17 heavy (non-hydrogen) atoms. The zero-order valence-electron chi connectivity index (χ0n) is 9.13. The number of esters is 1. The monoisotopic (exact) mass is 238 g/mol. The normalized spacial score (nSPS) is 11.8. The lowest BCUT2D eigenvalue weighted by molar-refractivity contribution is -0.138. The smallest absolute Gasteiger partial charge is 0.362 e. The third kappa shape index (κ3) is 4.02. The molecule has 0 aliphatic heterocycles. The van der Waals surface area contributed by atoms with E-state index in [1.54, 1.807) is 6.92 Å². The minimum atomic E-state index is -0.796. The Kier molecular flexibility index (Phi) is 4.80. The van der Waals surface area contributed by atoms with Crippen molar-refractivity contribution in [3.63, 3.8) is 0 Å². The molecule has 0 heterocycles. The maximum absolute atomic E-state index is 12.8. The zero-order chi connectivity index (χ0) is 12.7. The van der Waals surface area contributed by atoms with Gasteiger partial charge in [-0.3, -0.25) is 0 Å². The molecule has 0 atom stereocenters. The van der Waals surface area contributed by atoms with Gasteiger partial charge in [-0.2, -0.15) is 5.11 Å². The van der Waals surface area contributed by atoms with Crippen molar-refractivity contribution in [3.05, 3.63) is 42.0 Å². The van der Waals surface area contributed by atoms with Crippen molar-refractivity contribution in [1.29, 1.82) is 0 Å². The number of hydrogen-bond acceptors (Lipinski definition) is 5. The second-order valence-electron chi connectivity index (χ2n) is 2.91. The van der Waals surface area contributed by atoms with Crippen LogP contribution in [-0.2, 0) is 9.53 Å². The van der Waals surface area contributed by atoms with Crippen LogP contribution in [-0.4, -0.2) is 17.7 Å². The highest BCUT2D eigenvalue weighted by molar-refractivity contribution is 5.87. The molecule has 0 amide bonds. The van der Waals surface area contributed by atoms with Crippen LogP contribution in [0.15, 0.2) is 46.5 Å². The molecule has 0 unspecified atom stereocenters. The van der Waals surface area contributed by atoms with E-state index >= 15 is 0 Å². The molecule has 5 nitrogen and oxygen atoms in total. The van der Waals surface area contributed by atoms with Crippen molar-refractivity contribution in [2.75, 3.05) is 6.61 Å². The van der Waals surface area contributed by atoms with Crippen LogP contribution in [0.1, 0.15) is 6.92 Å². The van der Waals surface area contributed by atoms with Crippen molar-refractivity contribution in [1.82, 2.24) is 0 Å². The Morgan fingerprint density at radius 2 is 2.35 bits per heavy atom. The summed E-state index contributed by atoms with van der Waals surface area (Å²) in [5.74, 6) is -1.26. The van der Waals surface area contributed by atoms with Crippen LogP contribution in [0.3, 0.4) is 0 Å². The van der Waals surface area contributed by atoms with E-state index in [2.05, 4.69) is 15.0 Å². The summed E-state index contributed by atoms with van der Waals surface area (Å²) in [7, 11) is 0. The van der Waals surface area contributed by atoms with Gasteiger partial charge in [0.25, 0.3) is 0 Å². The topological polar surface area (TPSA) is 71.2 Å². The molecule has 0 saturated carbocycles. The number of benzene rings is 1. The van der Waals surface area contributed by atoms with Gasteiger partial charge in [0.05, 0.1) is 12.3 Å². The largest absolute Gasteiger partial charge is 0.513 e. The highest BCUT2D eigenvalue weighted by atomic mass is 19.1. The van der Waals surface area contributed by atoms with Gasteiger partial charge in [-0.05, 0) is 19.1 Å². The molecule has 0 aliphatic rings. The number of nitrogens with zero attached hydrogens (tertiary/aromatic N) is 2. The van der Waals surface area contributed by atoms with Crippen LogP contribution >= 0.6 is 0 Å². The van der Waals surface area contributed by atoms with Crippen molar-refractivity contribution in [2.45, 2.75) is 6.92 Å². The molecule has 0 fully saturated rings. The Labute approximate surface area is 97.2 Å². The fraction of sp³-hybridized carbons (Fsp3) is 0.182. The molecule has 1 rings (SSSR count). The Bertz CT molecular complexity index is 458. The second kappa shape index (κ2) is 6.37. The van der Waals surface area contributed by atoms with Gasteiger partial charge in [0, 0.05) is 6.07 Å². The van der Waals surface area contributed by atoms with E-state index in [4.69, 9.17) is 5.11 Å². The molecule has 90 valence electrons. The van der Waals surface area contributed by atoms with Gasteiger partial charge in [0.2, 0.25) is 5.70 Å². The average molecular weight is 238 g/mol.